The van der Waals surface area contributed by atoms with Gasteiger partial charge in [0.2, 0.25) is 0 Å². The number of benzene rings is 2. The van der Waals surface area contributed by atoms with Gasteiger partial charge in [-0.05, 0) is 55.0 Å². The van der Waals surface area contributed by atoms with Gasteiger partial charge in [0.05, 0.1) is 12.2 Å². The van der Waals surface area contributed by atoms with Crippen LogP contribution in [-0.2, 0) is 22.4 Å². The largest absolute Gasteiger partial charge is 0.462 e. The summed E-state index contributed by atoms with van der Waals surface area (Å²) in [5.41, 5.74) is 3.49. The van der Waals surface area contributed by atoms with Crippen LogP contribution in [0.4, 0.5) is 5.00 Å². The van der Waals surface area contributed by atoms with E-state index in [1.54, 1.807) is 19.1 Å². The average molecular weight is 452 g/mol. The van der Waals surface area contributed by atoms with E-state index in [9.17, 15) is 9.59 Å². The molecule has 3 aromatic rings. The Morgan fingerprint density at radius 3 is 2.58 bits per heavy atom. The van der Waals surface area contributed by atoms with Crippen LogP contribution in [0.5, 0.6) is 0 Å². The van der Waals surface area contributed by atoms with Gasteiger partial charge in [-0.3, -0.25) is 4.79 Å². The van der Waals surface area contributed by atoms with Gasteiger partial charge in [0.1, 0.15) is 5.00 Å². The Balaban J connectivity index is 1.73. The minimum Gasteiger partial charge on any atom is -0.462 e. The summed E-state index contributed by atoms with van der Waals surface area (Å²) in [5.74, 6) is -0.676. The number of aryl methyl sites for hydroxylation is 1. The number of anilines is 1. The molecule has 0 radical (unpaired) electrons. The highest BCUT2D eigenvalue weighted by Gasteiger charge is 2.29. The third-order valence-electron chi connectivity index (χ3n) is 5.16. The highest BCUT2D eigenvalue weighted by atomic mass is 35.5. The number of thiophene rings is 1. The van der Waals surface area contributed by atoms with Crippen molar-refractivity contribution in [2.24, 2.45) is 0 Å². The number of halogens is 1. The number of hydrogen-bond acceptors (Lipinski definition) is 4. The van der Waals surface area contributed by atoms with Gasteiger partial charge >= 0.3 is 5.97 Å². The molecule has 4 nitrogen and oxygen atoms in total. The summed E-state index contributed by atoms with van der Waals surface area (Å²) in [4.78, 5) is 27.2. The molecular formula is C25H22ClNO3S. The Morgan fingerprint density at radius 1 is 1.10 bits per heavy atom. The number of carbonyl (C=O) groups excluding carboxylic acids is 2. The Labute approximate surface area is 190 Å². The minimum absolute atomic E-state index is 0.290. The molecule has 1 heterocycles. The first-order valence-corrected chi connectivity index (χ1v) is 11.4. The van der Waals surface area contributed by atoms with Crippen LogP contribution in [0, 0.1) is 0 Å². The molecule has 0 saturated heterocycles. The topological polar surface area (TPSA) is 55.4 Å². The van der Waals surface area contributed by atoms with Crippen LogP contribution in [0.2, 0.25) is 5.02 Å². The summed E-state index contributed by atoms with van der Waals surface area (Å²) >= 11 is 7.80. The lowest BCUT2D eigenvalue weighted by Crippen LogP contribution is -2.16. The highest BCUT2D eigenvalue weighted by molar-refractivity contribution is 7.17. The molecule has 31 heavy (non-hydrogen) atoms. The summed E-state index contributed by atoms with van der Waals surface area (Å²) < 4.78 is 5.27. The number of nitrogens with one attached hydrogen (secondary N) is 1. The third kappa shape index (κ3) is 4.58. The van der Waals surface area contributed by atoms with Crippen LogP contribution >= 0.6 is 22.9 Å². The lowest BCUT2D eigenvalue weighted by molar-refractivity contribution is -0.111. The van der Waals surface area contributed by atoms with Crippen LogP contribution in [0.15, 0.2) is 54.6 Å². The maximum absolute atomic E-state index is 13.4. The fourth-order valence-electron chi connectivity index (χ4n) is 3.73. The highest BCUT2D eigenvalue weighted by Crippen LogP contribution is 2.40. The number of rotatable bonds is 6. The number of amides is 1. The Morgan fingerprint density at radius 2 is 1.84 bits per heavy atom. The molecule has 1 aliphatic rings. The zero-order valence-corrected chi connectivity index (χ0v) is 18.7. The predicted molar refractivity (Wildman–Crippen MR) is 127 cm³/mol. The van der Waals surface area contributed by atoms with E-state index in [0.717, 1.165) is 40.8 Å². The first kappa shape index (κ1) is 21.3. The summed E-state index contributed by atoms with van der Waals surface area (Å²) in [5, 5.41) is 4.10. The quantitative estimate of drug-likeness (QED) is 0.274. The number of esters is 1. The van der Waals surface area contributed by atoms with Crippen molar-refractivity contribution in [1.29, 1.82) is 0 Å². The predicted octanol–water partition coefficient (Wildman–Crippen LogP) is 6.25. The standard InChI is InChI=1S/C25H22ClNO3S/c1-2-30-25(29)22-18-12-8-14-21(18)31-24(22)27-23(28)19(16-9-4-3-5-10-16)15-17-11-6-7-13-20(17)26/h3-7,9-11,13,15H,2,8,12,14H2,1H3,(H,27,28)/b19-15+. The van der Waals surface area contributed by atoms with Gasteiger partial charge in [-0.2, -0.15) is 0 Å². The van der Waals surface area contributed by atoms with Gasteiger partial charge in [-0.15, -0.1) is 11.3 Å². The van der Waals surface area contributed by atoms with E-state index in [2.05, 4.69) is 5.32 Å². The van der Waals surface area contributed by atoms with E-state index in [-0.39, 0.29) is 11.9 Å². The molecule has 0 bridgehead atoms. The molecular weight excluding hydrogens is 430 g/mol. The van der Waals surface area contributed by atoms with E-state index in [4.69, 9.17) is 16.3 Å². The van der Waals surface area contributed by atoms with Crippen molar-refractivity contribution in [1.82, 2.24) is 0 Å². The molecule has 1 N–H and O–H groups in total. The molecule has 0 saturated carbocycles. The summed E-state index contributed by atoms with van der Waals surface area (Å²) in [6.07, 6.45) is 4.54. The molecule has 158 valence electrons. The van der Waals surface area contributed by atoms with Crippen molar-refractivity contribution in [2.75, 3.05) is 11.9 Å². The molecule has 1 amide bonds. The van der Waals surface area contributed by atoms with Crippen molar-refractivity contribution >= 4 is 51.5 Å². The van der Waals surface area contributed by atoms with Crippen LogP contribution < -0.4 is 5.32 Å². The first-order chi connectivity index (χ1) is 15.1. The zero-order valence-electron chi connectivity index (χ0n) is 17.1. The molecule has 6 heteroatoms. The summed E-state index contributed by atoms with van der Waals surface area (Å²) in [6, 6.07) is 16.8. The monoisotopic (exact) mass is 451 g/mol. The molecule has 4 rings (SSSR count). The third-order valence-corrected chi connectivity index (χ3v) is 6.71. The summed E-state index contributed by atoms with van der Waals surface area (Å²) in [6.45, 7) is 2.07. The number of fused-ring (bicyclic) bond motifs is 1. The maximum atomic E-state index is 13.4. The normalized spacial score (nSPS) is 13.0. The van der Waals surface area contributed by atoms with E-state index in [1.165, 1.54) is 11.3 Å². The minimum atomic E-state index is -0.381. The Kier molecular flexibility index (Phi) is 6.54. The van der Waals surface area contributed by atoms with Crippen molar-refractivity contribution in [3.63, 3.8) is 0 Å². The fourth-order valence-corrected chi connectivity index (χ4v) is 5.19. The lowest BCUT2D eigenvalue weighted by Gasteiger charge is -2.11. The van der Waals surface area contributed by atoms with Crippen LogP contribution in [0.3, 0.4) is 0 Å². The molecule has 0 atom stereocenters. The van der Waals surface area contributed by atoms with Gasteiger partial charge < -0.3 is 10.1 Å². The van der Waals surface area contributed by atoms with Crippen molar-refractivity contribution in [3.05, 3.63) is 86.8 Å². The van der Waals surface area contributed by atoms with Crippen molar-refractivity contribution < 1.29 is 14.3 Å². The maximum Gasteiger partial charge on any atom is 0.341 e. The van der Waals surface area contributed by atoms with Crippen LogP contribution in [0.1, 0.15) is 45.3 Å². The second kappa shape index (κ2) is 9.50. The molecule has 0 spiro atoms. The van der Waals surface area contributed by atoms with E-state index in [0.29, 0.717) is 27.8 Å². The molecule has 1 aliphatic carbocycles. The molecule has 2 aromatic carbocycles. The van der Waals surface area contributed by atoms with Gasteiger partial charge in [0, 0.05) is 15.5 Å². The number of carbonyl (C=O) groups is 2. The Bertz CT molecular complexity index is 1150. The van der Waals surface area contributed by atoms with E-state index >= 15 is 0 Å². The fraction of sp³-hybridized carbons (Fsp3) is 0.200. The van der Waals surface area contributed by atoms with Gasteiger partial charge in [-0.25, -0.2) is 4.79 Å². The average Bonchev–Trinajstić information content (AvgIpc) is 3.34. The molecule has 1 aromatic heterocycles. The van der Waals surface area contributed by atoms with Crippen LogP contribution in [0.25, 0.3) is 11.6 Å². The smallest absolute Gasteiger partial charge is 0.341 e. The second-order valence-corrected chi connectivity index (χ2v) is 8.69. The SMILES string of the molecule is CCOC(=O)c1c(NC(=O)/C(=C/c2ccccc2Cl)c2ccccc2)sc2c1CCC2. The van der Waals surface area contributed by atoms with Gasteiger partial charge in [0.15, 0.2) is 0 Å². The second-order valence-electron chi connectivity index (χ2n) is 7.18. The van der Waals surface area contributed by atoms with Crippen molar-refractivity contribution in [3.8, 4) is 0 Å². The van der Waals surface area contributed by atoms with Gasteiger partial charge in [0.25, 0.3) is 5.91 Å². The first-order valence-electron chi connectivity index (χ1n) is 10.2. The zero-order chi connectivity index (χ0) is 21.8. The summed E-state index contributed by atoms with van der Waals surface area (Å²) in [7, 11) is 0. The lowest BCUT2D eigenvalue weighted by atomic mass is 10.0. The molecule has 0 unspecified atom stereocenters. The van der Waals surface area contributed by atoms with E-state index in [1.807, 2.05) is 48.5 Å². The van der Waals surface area contributed by atoms with E-state index < -0.39 is 0 Å². The van der Waals surface area contributed by atoms with Crippen molar-refractivity contribution in [2.45, 2.75) is 26.2 Å². The number of ether oxygens (including phenoxy) is 1. The van der Waals surface area contributed by atoms with Gasteiger partial charge in [-0.1, -0.05) is 60.1 Å². The number of hydrogen-bond donors (Lipinski definition) is 1. The Hall–Kier alpha value is -2.89. The molecule has 0 fully saturated rings. The molecule has 0 aliphatic heterocycles. The van der Waals surface area contributed by atoms with Crippen LogP contribution in [-0.4, -0.2) is 18.5 Å².